The average molecular weight is 492 g/mol. The molecule has 0 saturated carbocycles. The number of nitrogens with one attached hydrogen (secondary N) is 2. The first-order valence-electron chi connectivity index (χ1n) is 10.9. The minimum absolute atomic E-state index is 0.00190. The normalized spacial score (nSPS) is 12.1. The molecule has 2 aromatic carbocycles. The van der Waals surface area contributed by atoms with E-state index in [0.29, 0.717) is 47.4 Å². The molecule has 3 heterocycles. The quantitative estimate of drug-likeness (QED) is 0.331. The van der Waals surface area contributed by atoms with Crippen LogP contribution in [-0.4, -0.2) is 36.3 Å². The van der Waals surface area contributed by atoms with E-state index in [4.69, 9.17) is 18.6 Å². The van der Waals surface area contributed by atoms with Crippen molar-refractivity contribution in [1.29, 1.82) is 0 Å². The summed E-state index contributed by atoms with van der Waals surface area (Å²) < 4.78 is 41.1. The van der Waals surface area contributed by atoms with E-state index in [1.165, 1.54) is 13.4 Å². The number of furan rings is 1. The molecule has 5 rings (SSSR count). The molecule has 1 aliphatic heterocycles. The van der Waals surface area contributed by atoms with Crippen molar-refractivity contribution in [3.8, 4) is 17.2 Å². The van der Waals surface area contributed by atoms with Crippen LogP contribution in [0.25, 0.3) is 0 Å². The summed E-state index contributed by atoms with van der Waals surface area (Å²) in [5.74, 6) is 0.875. The lowest BCUT2D eigenvalue weighted by atomic mass is 10.2. The highest BCUT2D eigenvalue weighted by Crippen LogP contribution is 2.34. The van der Waals surface area contributed by atoms with Gasteiger partial charge in [-0.2, -0.15) is 4.98 Å². The van der Waals surface area contributed by atoms with Gasteiger partial charge in [-0.3, -0.25) is 0 Å². The van der Waals surface area contributed by atoms with E-state index in [2.05, 4.69) is 25.3 Å². The maximum absolute atomic E-state index is 14.4. The van der Waals surface area contributed by atoms with Gasteiger partial charge in [-0.25, -0.2) is 14.2 Å². The number of aromatic nitrogens is 2. The third-order valence-electron chi connectivity index (χ3n) is 5.09. The third-order valence-corrected chi connectivity index (χ3v) is 5.09. The number of hydrogen-bond acceptors (Lipinski definition) is 10. The van der Waals surface area contributed by atoms with Gasteiger partial charge in [0.15, 0.2) is 23.1 Å². The van der Waals surface area contributed by atoms with Gasteiger partial charge < -0.3 is 34.0 Å². The van der Waals surface area contributed by atoms with Gasteiger partial charge >= 0.3 is 5.97 Å². The molecular weight excluding hydrogens is 471 g/mol. The SMILES string of the molecule is COC(=O)c1cc(COc2cccc(Nc3ncc(F)c(Nc4ccc5c(c4)OCCO5)n3)c2)co1. The molecular formula is C25H21FN4O6. The lowest BCUT2D eigenvalue weighted by Gasteiger charge is -2.19. The molecule has 2 N–H and O–H groups in total. The number of ether oxygens (including phenoxy) is 4. The summed E-state index contributed by atoms with van der Waals surface area (Å²) in [7, 11) is 1.28. The molecule has 11 heteroatoms. The van der Waals surface area contributed by atoms with Gasteiger partial charge in [0.25, 0.3) is 0 Å². The fraction of sp³-hybridized carbons (Fsp3) is 0.160. The summed E-state index contributed by atoms with van der Waals surface area (Å²) in [6.07, 6.45) is 2.50. The smallest absolute Gasteiger partial charge is 0.373 e. The van der Waals surface area contributed by atoms with Crippen molar-refractivity contribution in [3.63, 3.8) is 0 Å². The Morgan fingerprint density at radius 1 is 1.06 bits per heavy atom. The van der Waals surface area contributed by atoms with E-state index < -0.39 is 11.8 Å². The Morgan fingerprint density at radius 2 is 1.89 bits per heavy atom. The molecule has 36 heavy (non-hydrogen) atoms. The molecule has 0 saturated heterocycles. The van der Waals surface area contributed by atoms with Crippen LogP contribution in [0.5, 0.6) is 17.2 Å². The zero-order valence-electron chi connectivity index (χ0n) is 19.1. The first-order valence-corrected chi connectivity index (χ1v) is 10.9. The molecule has 0 atom stereocenters. The van der Waals surface area contributed by atoms with Crippen LogP contribution in [-0.2, 0) is 11.3 Å². The molecule has 0 bridgehead atoms. The Bertz CT molecular complexity index is 1390. The third kappa shape index (κ3) is 5.30. The minimum Gasteiger partial charge on any atom is -0.489 e. The average Bonchev–Trinajstić information content (AvgIpc) is 3.38. The predicted octanol–water partition coefficient (Wildman–Crippen LogP) is 4.83. The number of anilines is 4. The lowest BCUT2D eigenvalue weighted by molar-refractivity contribution is 0.0565. The highest BCUT2D eigenvalue weighted by Gasteiger charge is 2.14. The Labute approximate surface area is 205 Å². The van der Waals surface area contributed by atoms with Crippen LogP contribution in [0.15, 0.2) is 65.4 Å². The number of fused-ring (bicyclic) bond motifs is 1. The lowest BCUT2D eigenvalue weighted by Crippen LogP contribution is -2.15. The number of esters is 1. The van der Waals surface area contributed by atoms with Crippen molar-refractivity contribution in [2.24, 2.45) is 0 Å². The van der Waals surface area contributed by atoms with Crippen LogP contribution in [0, 0.1) is 5.82 Å². The van der Waals surface area contributed by atoms with Gasteiger partial charge in [0.2, 0.25) is 11.7 Å². The monoisotopic (exact) mass is 492 g/mol. The Balaban J connectivity index is 1.25. The van der Waals surface area contributed by atoms with Crippen LogP contribution in [0.4, 0.5) is 27.5 Å². The molecule has 0 aliphatic carbocycles. The summed E-state index contributed by atoms with van der Waals surface area (Å²) in [4.78, 5) is 19.8. The van der Waals surface area contributed by atoms with Crippen LogP contribution < -0.4 is 24.8 Å². The molecule has 0 spiro atoms. The van der Waals surface area contributed by atoms with Crippen LogP contribution in [0.1, 0.15) is 16.1 Å². The number of carbonyl (C=O) groups excluding carboxylic acids is 1. The maximum atomic E-state index is 14.4. The summed E-state index contributed by atoms with van der Waals surface area (Å²) in [5.41, 5.74) is 1.89. The van der Waals surface area contributed by atoms with Crippen molar-refractivity contribution in [2.45, 2.75) is 6.61 Å². The zero-order chi connectivity index (χ0) is 24.9. The summed E-state index contributed by atoms with van der Waals surface area (Å²) >= 11 is 0. The van der Waals surface area contributed by atoms with Gasteiger partial charge in [-0.05, 0) is 30.3 Å². The first-order chi connectivity index (χ1) is 17.6. The number of benzene rings is 2. The zero-order valence-corrected chi connectivity index (χ0v) is 19.1. The number of carbonyl (C=O) groups is 1. The molecule has 10 nitrogen and oxygen atoms in total. The fourth-order valence-corrected chi connectivity index (χ4v) is 3.39. The molecule has 0 amide bonds. The van der Waals surface area contributed by atoms with E-state index >= 15 is 0 Å². The number of nitrogens with zero attached hydrogens (tertiary/aromatic N) is 2. The fourth-order valence-electron chi connectivity index (χ4n) is 3.39. The molecule has 2 aromatic heterocycles. The second-order valence-corrected chi connectivity index (χ2v) is 7.63. The van der Waals surface area contributed by atoms with Crippen molar-refractivity contribution >= 4 is 29.1 Å². The second kappa shape index (κ2) is 10.2. The van der Waals surface area contributed by atoms with Crippen LogP contribution >= 0.6 is 0 Å². The standard InChI is InChI=1S/C25H21FN4O6/c1-32-24(31)22-9-15(14-36-22)13-35-18-4-2-3-16(10-18)29-25-27-12-19(26)23(30-25)28-17-5-6-20-21(11-17)34-8-7-33-20/h2-6,9-12,14H,7-8,13H2,1H3,(H2,27,28,29,30). The Hall–Kier alpha value is -4.80. The van der Waals surface area contributed by atoms with Gasteiger partial charge in [-0.15, -0.1) is 0 Å². The first kappa shape index (κ1) is 23.0. The minimum atomic E-state index is -0.612. The largest absolute Gasteiger partial charge is 0.489 e. The van der Waals surface area contributed by atoms with Crippen molar-refractivity contribution in [1.82, 2.24) is 9.97 Å². The van der Waals surface area contributed by atoms with Crippen LogP contribution in [0.2, 0.25) is 0 Å². The second-order valence-electron chi connectivity index (χ2n) is 7.63. The van der Waals surface area contributed by atoms with Crippen molar-refractivity contribution in [3.05, 3.63) is 78.1 Å². The molecule has 184 valence electrons. The van der Waals surface area contributed by atoms with Crippen LogP contribution in [0.3, 0.4) is 0 Å². The Kier molecular flexibility index (Phi) is 6.52. The number of rotatable bonds is 8. The molecule has 4 aromatic rings. The van der Waals surface area contributed by atoms with E-state index in [-0.39, 0.29) is 24.1 Å². The van der Waals surface area contributed by atoms with E-state index in [9.17, 15) is 9.18 Å². The van der Waals surface area contributed by atoms with Crippen molar-refractivity contribution < 1.29 is 32.5 Å². The van der Waals surface area contributed by atoms with Crippen molar-refractivity contribution in [2.75, 3.05) is 31.0 Å². The predicted molar refractivity (Wildman–Crippen MR) is 127 cm³/mol. The topological polar surface area (TPSA) is 117 Å². The molecule has 0 unspecified atom stereocenters. The van der Waals surface area contributed by atoms with E-state index in [1.807, 2.05) is 0 Å². The number of hydrogen-bond donors (Lipinski definition) is 2. The summed E-state index contributed by atoms with van der Waals surface area (Å²) in [6, 6.07) is 13.9. The molecule has 0 radical (unpaired) electrons. The maximum Gasteiger partial charge on any atom is 0.373 e. The van der Waals surface area contributed by atoms with Gasteiger partial charge in [0, 0.05) is 29.1 Å². The van der Waals surface area contributed by atoms with Gasteiger partial charge in [0.1, 0.15) is 25.6 Å². The van der Waals surface area contributed by atoms with E-state index in [0.717, 1.165) is 6.20 Å². The summed E-state index contributed by atoms with van der Waals surface area (Å²) in [6.45, 7) is 1.12. The van der Waals surface area contributed by atoms with Gasteiger partial charge in [0.05, 0.1) is 19.6 Å². The molecule has 1 aliphatic rings. The highest BCUT2D eigenvalue weighted by atomic mass is 19.1. The van der Waals surface area contributed by atoms with Gasteiger partial charge in [-0.1, -0.05) is 6.07 Å². The number of methoxy groups -OCH3 is 1. The summed E-state index contributed by atoms with van der Waals surface area (Å²) in [5, 5.41) is 5.98. The van der Waals surface area contributed by atoms with E-state index in [1.54, 1.807) is 48.5 Å². The molecule has 0 fully saturated rings. The number of halogens is 1. The highest BCUT2D eigenvalue weighted by molar-refractivity contribution is 5.86. The Morgan fingerprint density at radius 3 is 2.75 bits per heavy atom.